The molecule has 34 heavy (non-hydrogen) atoms. The van der Waals surface area contributed by atoms with Crippen LogP contribution in [0.1, 0.15) is 24.0 Å². The van der Waals surface area contributed by atoms with Crippen molar-refractivity contribution < 1.29 is 26.4 Å². The van der Waals surface area contributed by atoms with Crippen LogP contribution in [0.5, 0.6) is 5.75 Å². The number of sulfonamides is 2. The Morgan fingerprint density at radius 2 is 1.79 bits per heavy atom. The Hall–Kier alpha value is -2.47. The first-order valence-electron chi connectivity index (χ1n) is 10.9. The van der Waals surface area contributed by atoms with Gasteiger partial charge in [-0.2, -0.15) is 4.31 Å². The fraction of sp³-hybridized carbons (Fsp3) is 0.435. The zero-order valence-electron chi connectivity index (χ0n) is 19.8. The van der Waals surface area contributed by atoms with Crippen LogP contribution in [0.2, 0.25) is 0 Å². The fourth-order valence-electron chi connectivity index (χ4n) is 3.82. The summed E-state index contributed by atoms with van der Waals surface area (Å²) in [5, 5.41) is 2.85. The van der Waals surface area contributed by atoms with Gasteiger partial charge in [-0.05, 0) is 55.2 Å². The summed E-state index contributed by atoms with van der Waals surface area (Å²) in [5.41, 5.74) is 1.55. The predicted molar refractivity (Wildman–Crippen MR) is 128 cm³/mol. The molecule has 2 aromatic rings. The van der Waals surface area contributed by atoms with Gasteiger partial charge in [0.25, 0.3) is 0 Å². The van der Waals surface area contributed by atoms with Crippen LogP contribution in [0.3, 0.4) is 0 Å². The maximum atomic E-state index is 13.3. The first kappa shape index (κ1) is 26.1. The van der Waals surface area contributed by atoms with Gasteiger partial charge >= 0.3 is 0 Å². The highest BCUT2D eigenvalue weighted by atomic mass is 32.2. The van der Waals surface area contributed by atoms with Crippen LogP contribution in [0, 0.1) is 12.8 Å². The molecule has 9 nitrogen and oxygen atoms in total. The summed E-state index contributed by atoms with van der Waals surface area (Å²) < 4.78 is 58.7. The highest BCUT2D eigenvalue weighted by Crippen LogP contribution is 2.30. The summed E-state index contributed by atoms with van der Waals surface area (Å²) in [6.45, 7) is 2.46. The highest BCUT2D eigenvalue weighted by molar-refractivity contribution is 7.89. The summed E-state index contributed by atoms with van der Waals surface area (Å²) in [5.74, 6) is -0.439. The Kier molecular flexibility index (Phi) is 8.02. The SMILES string of the molecule is COc1ccc(C)cc1S(=O)(=O)N1CCCC(C(=O)NCc2ccc(S(=O)(=O)N(C)C)cc2)C1. The number of benzene rings is 2. The number of amides is 1. The Balaban J connectivity index is 1.66. The predicted octanol–water partition coefficient (Wildman–Crippen LogP) is 1.97. The normalized spacial score (nSPS) is 17.5. The minimum absolute atomic E-state index is 0.0886. The molecule has 1 heterocycles. The molecule has 1 fully saturated rings. The first-order chi connectivity index (χ1) is 16.0. The molecular formula is C23H31N3O6S2. The average molecular weight is 510 g/mol. The van der Waals surface area contributed by atoms with E-state index in [4.69, 9.17) is 4.74 Å². The molecular weight excluding hydrogens is 478 g/mol. The maximum Gasteiger partial charge on any atom is 0.246 e. The summed E-state index contributed by atoms with van der Waals surface area (Å²) >= 11 is 0. The second-order valence-electron chi connectivity index (χ2n) is 8.51. The minimum atomic E-state index is -3.82. The lowest BCUT2D eigenvalue weighted by Crippen LogP contribution is -2.45. The minimum Gasteiger partial charge on any atom is -0.495 e. The topological polar surface area (TPSA) is 113 Å². The van der Waals surface area contributed by atoms with Crippen molar-refractivity contribution in [3.8, 4) is 5.75 Å². The van der Waals surface area contributed by atoms with Crippen LogP contribution < -0.4 is 10.1 Å². The highest BCUT2D eigenvalue weighted by Gasteiger charge is 2.34. The van der Waals surface area contributed by atoms with Crippen LogP contribution in [0.15, 0.2) is 52.3 Å². The lowest BCUT2D eigenvalue weighted by Gasteiger charge is -2.31. The van der Waals surface area contributed by atoms with Gasteiger partial charge in [0.05, 0.1) is 17.9 Å². The van der Waals surface area contributed by atoms with E-state index >= 15 is 0 Å². The van der Waals surface area contributed by atoms with Gasteiger partial charge in [-0.25, -0.2) is 21.1 Å². The van der Waals surface area contributed by atoms with Crippen LogP contribution in [-0.2, 0) is 31.4 Å². The van der Waals surface area contributed by atoms with Gasteiger partial charge in [-0.1, -0.05) is 18.2 Å². The molecule has 0 bridgehead atoms. The number of methoxy groups -OCH3 is 1. The fourth-order valence-corrected chi connectivity index (χ4v) is 6.49. The van der Waals surface area contributed by atoms with Crippen molar-refractivity contribution in [1.82, 2.24) is 13.9 Å². The van der Waals surface area contributed by atoms with Gasteiger partial charge in [0.15, 0.2) is 0 Å². The number of hydrogen-bond donors (Lipinski definition) is 1. The summed E-state index contributed by atoms with van der Waals surface area (Å²) in [6.07, 6.45) is 1.16. The molecule has 0 aliphatic carbocycles. The summed E-state index contributed by atoms with van der Waals surface area (Å²) in [4.78, 5) is 13.1. The van der Waals surface area contributed by atoms with Gasteiger partial charge < -0.3 is 10.1 Å². The van der Waals surface area contributed by atoms with Crippen LogP contribution >= 0.6 is 0 Å². The number of nitrogens with one attached hydrogen (secondary N) is 1. The Labute approximate surface area is 201 Å². The van der Waals surface area contributed by atoms with Crippen molar-refractivity contribution >= 4 is 26.0 Å². The van der Waals surface area contributed by atoms with E-state index in [1.165, 1.54) is 37.6 Å². The monoisotopic (exact) mass is 509 g/mol. The number of hydrogen-bond acceptors (Lipinski definition) is 6. The number of aryl methyl sites for hydroxylation is 1. The van der Waals surface area contributed by atoms with E-state index in [0.29, 0.717) is 19.4 Å². The Morgan fingerprint density at radius 3 is 2.41 bits per heavy atom. The Morgan fingerprint density at radius 1 is 1.12 bits per heavy atom. The van der Waals surface area contributed by atoms with Gasteiger partial charge in [0, 0.05) is 33.7 Å². The lowest BCUT2D eigenvalue weighted by molar-refractivity contribution is -0.126. The van der Waals surface area contributed by atoms with Crippen molar-refractivity contribution in [2.24, 2.45) is 5.92 Å². The van der Waals surface area contributed by atoms with Gasteiger partial charge in [0.2, 0.25) is 26.0 Å². The van der Waals surface area contributed by atoms with Gasteiger partial charge in [0.1, 0.15) is 10.6 Å². The van der Waals surface area contributed by atoms with E-state index in [1.807, 2.05) is 6.92 Å². The van der Waals surface area contributed by atoms with Crippen molar-refractivity contribution in [3.63, 3.8) is 0 Å². The van der Waals surface area contributed by atoms with E-state index < -0.39 is 26.0 Å². The average Bonchev–Trinajstić information content (AvgIpc) is 2.82. The van der Waals surface area contributed by atoms with Crippen molar-refractivity contribution in [3.05, 3.63) is 53.6 Å². The first-order valence-corrected chi connectivity index (χ1v) is 13.8. The summed E-state index contributed by atoms with van der Waals surface area (Å²) in [6, 6.07) is 11.3. The number of nitrogens with zero attached hydrogens (tertiary/aromatic N) is 2. The van der Waals surface area contributed by atoms with Crippen molar-refractivity contribution in [2.45, 2.75) is 36.1 Å². The number of piperidine rings is 1. The second kappa shape index (κ2) is 10.4. The van der Waals surface area contributed by atoms with E-state index in [2.05, 4.69) is 5.32 Å². The number of carbonyl (C=O) groups is 1. The zero-order valence-corrected chi connectivity index (χ0v) is 21.4. The van der Waals surface area contributed by atoms with Crippen LogP contribution in [0.25, 0.3) is 0 Å². The third-order valence-electron chi connectivity index (χ3n) is 5.86. The molecule has 3 rings (SSSR count). The quantitative estimate of drug-likeness (QED) is 0.582. The molecule has 1 aliphatic rings. The zero-order chi connectivity index (χ0) is 25.1. The van der Waals surface area contributed by atoms with Gasteiger partial charge in [-0.3, -0.25) is 4.79 Å². The molecule has 0 radical (unpaired) electrons. The van der Waals surface area contributed by atoms with Crippen LogP contribution in [-0.4, -0.2) is 65.6 Å². The molecule has 0 spiro atoms. The maximum absolute atomic E-state index is 13.3. The van der Waals surface area contributed by atoms with Crippen molar-refractivity contribution in [1.29, 1.82) is 0 Å². The van der Waals surface area contributed by atoms with Gasteiger partial charge in [-0.15, -0.1) is 0 Å². The number of rotatable bonds is 8. The summed E-state index contributed by atoms with van der Waals surface area (Å²) in [7, 11) is -2.98. The molecule has 1 N–H and O–H groups in total. The third-order valence-corrected chi connectivity index (χ3v) is 9.58. The van der Waals surface area contributed by atoms with E-state index in [-0.39, 0.29) is 34.5 Å². The Bertz CT molecular complexity index is 1240. The molecule has 186 valence electrons. The molecule has 1 aliphatic heterocycles. The third kappa shape index (κ3) is 5.60. The molecule has 11 heteroatoms. The largest absolute Gasteiger partial charge is 0.495 e. The lowest BCUT2D eigenvalue weighted by atomic mass is 9.99. The molecule has 0 saturated carbocycles. The van der Waals surface area contributed by atoms with E-state index in [0.717, 1.165) is 15.4 Å². The smallest absolute Gasteiger partial charge is 0.246 e. The standard InChI is InChI=1S/C23H31N3O6S2/c1-17-7-12-21(32-4)22(14-17)34(30,31)26-13-5-6-19(16-26)23(27)24-15-18-8-10-20(11-9-18)33(28,29)25(2)3/h7-12,14,19H,5-6,13,15-16H2,1-4H3,(H,24,27). The van der Waals surface area contributed by atoms with Crippen molar-refractivity contribution in [2.75, 3.05) is 34.3 Å². The molecule has 2 aromatic carbocycles. The molecule has 0 aromatic heterocycles. The molecule has 1 saturated heterocycles. The molecule has 1 amide bonds. The molecule has 1 atom stereocenters. The molecule has 1 unspecified atom stereocenters. The number of ether oxygens (including phenoxy) is 1. The van der Waals surface area contributed by atoms with E-state index in [1.54, 1.807) is 30.3 Å². The van der Waals surface area contributed by atoms with Crippen LogP contribution in [0.4, 0.5) is 0 Å². The number of carbonyl (C=O) groups excluding carboxylic acids is 1. The second-order valence-corrected chi connectivity index (χ2v) is 12.6. The van der Waals surface area contributed by atoms with E-state index in [9.17, 15) is 21.6 Å².